The summed E-state index contributed by atoms with van der Waals surface area (Å²) >= 11 is 3.95. The van der Waals surface area contributed by atoms with E-state index in [-0.39, 0.29) is 17.6 Å². The molecule has 3 aromatic rings. The molecule has 0 aliphatic carbocycles. The first kappa shape index (κ1) is 20.1. The van der Waals surface area contributed by atoms with Gasteiger partial charge in [0.05, 0.1) is 20.5 Å². The van der Waals surface area contributed by atoms with Crippen LogP contribution in [-0.2, 0) is 4.79 Å². The topological polar surface area (TPSA) is 114 Å². The summed E-state index contributed by atoms with van der Waals surface area (Å²) in [6.45, 7) is 1.81. The normalized spacial score (nSPS) is 10.5. The molecular weight excluding hydrogens is 416 g/mol. The number of thioether (sulfide) groups is 1. The molecule has 144 valence electrons. The summed E-state index contributed by atoms with van der Waals surface area (Å²) in [5.41, 5.74) is 6.93. The highest BCUT2D eigenvalue weighted by atomic mass is 32.2. The number of primary amides is 1. The van der Waals surface area contributed by atoms with Crippen molar-refractivity contribution in [2.75, 3.05) is 16.4 Å². The van der Waals surface area contributed by atoms with Crippen molar-refractivity contribution in [2.24, 2.45) is 5.73 Å². The molecule has 0 bridgehead atoms. The second kappa shape index (κ2) is 9.00. The second-order valence-electron chi connectivity index (χ2n) is 5.61. The van der Waals surface area contributed by atoms with Crippen molar-refractivity contribution in [3.8, 4) is 0 Å². The molecular formula is C18H16N4O3S3. The lowest BCUT2D eigenvalue weighted by Crippen LogP contribution is -2.13. The van der Waals surface area contributed by atoms with Crippen LogP contribution in [0.4, 0.5) is 10.8 Å². The number of benzene rings is 1. The molecule has 0 aliphatic heterocycles. The first-order chi connectivity index (χ1) is 13.4. The largest absolute Gasteiger partial charge is 0.369 e. The molecule has 0 radical (unpaired) electrons. The zero-order valence-corrected chi connectivity index (χ0v) is 17.2. The SMILES string of the molecule is Cc1nc(NC(=O)c2ccc(NC(=O)c3cccs3)cc2)sc1SCC(N)=O. The van der Waals surface area contributed by atoms with Gasteiger partial charge in [-0.3, -0.25) is 19.7 Å². The fourth-order valence-electron chi connectivity index (χ4n) is 2.18. The van der Waals surface area contributed by atoms with Gasteiger partial charge in [0.15, 0.2) is 5.13 Å². The highest BCUT2D eigenvalue weighted by Crippen LogP contribution is 2.32. The maximum absolute atomic E-state index is 12.4. The van der Waals surface area contributed by atoms with Crippen molar-refractivity contribution in [2.45, 2.75) is 11.1 Å². The van der Waals surface area contributed by atoms with Crippen LogP contribution in [0.2, 0.25) is 0 Å². The molecule has 10 heteroatoms. The molecule has 2 heterocycles. The van der Waals surface area contributed by atoms with Crippen molar-refractivity contribution in [3.63, 3.8) is 0 Å². The van der Waals surface area contributed by atoms with E-state index in [1.165, 1.54) is 34.4 Å². The number of carbonyl (C=O) groups is 3. The average molecular weight is 433 g/mol. The van der Waals surface area contributed by atoms with Crippen LogP contribution in [0, 0.1) is 6.92 Å². The molecule has 0 spiro atoms. The molecule has 0 fully saturated rings. The standard InChI is InChI=1S/C18H16N4O3S3/c1-10-17(27-9-14(19)23)28-18(20-10)22-15(24)11-4-6-12(7-5-11)21-16(25)13-3-2-8-26-13/h2-8H,9H2,1H3,(H2,19,23)(H,21,25)(H,20,22,24). The van der Waals surface area contributed by atoms with Crippen LogP contribution in [0.15, 0.2) is 46.0 Å². The van der Waals surface area contributed by atoms with E-state index in [4.69, 9.17) is 5.73 Å². The summed E-state index contributed by atoms with van der Waals surface area (Å²) in [5, 5.41) is 7.81. The van der Waals surface area contributed by atoms with E-state index in [0.29, 0.717) is 21.3 Å². The lowest BCUT2D eigenvalue weighted by Gasteiger charge is -2.05. The highest BCUT2D eigenvalue weighted by molar-refractivity contribution is 8.01. The smallest absolute Gasteiger partial charge is 0.265 e. The number of amides is 3. The molecule has 0 atom stereocenters. The minimum atomic E-state index is -0.408. The molecule has 0 saturated heterocycles. The van der Waals surface area contributed by atoms with E-state index in [9.17, 15) is 14.4 Å². The van der Waals surface area contributed by atoms with Crippen molar-refractivity contribution in [1.29, 1.82) is 0 Å². The fourth-order valence-corrected chi connectivity index (χ4v) is 4.67. The van der Waals surface area contributed by atoms with Gasteiger partial charge in [-0.25, -0.2) is 4.98 Å². The molecule has 28 heavy (non-hydrogen) atoms. The summed E-state index contributed by atoms with van der Waals surface area (Å²) in [6, 6.07) is 10.1. The maximum atomic E-state index is 12.4. The highest BCUT2D eigenvalue weighted by Gasteiger charge is 2.13. The van der Waals surface area contributed by atoms with Crippen LogP contribution in [0.3, 0.4) is 0 Å². The van der Waals surface area contributed by atoms with Crippen LogP contribution >= 0.6 is 34.4 Å². The van der Waals surface area contributed by atoms with Gasteiger partial charge in [-0.05, 0) is 42.6 Å². The second-order valence-corrected chi connectivity index (χ2v) is 8.80. The molecule has 1 aromatic carbocycles. The zero-order chi connectivity index (χ0) is 20.1. The Balaban J connectivity index is 1.61. The molecule has 0 saturated carbocycles. The summed E-state index contributed by atoms with van der Waals surface area (Å²) in [5.74, 6) is -0.743. The van der Waals surface area contributed by atoms with Crippen molar-refractivity contribution in [3.05, 3.63) is 57.9 Å². The third-order valence-electron chi connectivity index (χ3n) is 3.47. The third-order valence-corrected chi connectivity index (χ3v) is 6.80. The Hall–Kier alpha value is -2.69. The molecule has 3 rings (SSSR count). The predicted octanol–water partition coefficient (Wildman–Crippen LogP) is 3.60. The summed E-state index contributed by atoms with van der Waals surface area (Å²) in [6.07, 6.45) is 0. The number of hydrogen-bond donors (Lipinski definition) is 3. The Morgan fingerprint density at radius 2 is 1.86 bits per heavy atom. The number of nitrogens with zero attached hydrogens (tertiary/aromatic N) is 1. The van der Waals surface area contributed by atoms with E-state index in [0.717, 1.165) is 9.90 Å². The average Bonchev–Trinajstić information content (AvgIpc) is 3.30. The Kier molecular flexibility index (Phi) is 6.45. The maximum Gasteiger partial charge on any atom is 0.265 e. The van der Waals surface area contributed by atoms with Crippen LogP contribution < -0.4 is 16.4 Å². The van der Waals surface area contributed by atoms with E-state index in [1.54, 1.807) is 37.3 Å². The first-order valence-electron chi connectivity index (χ1n) is 8.07. The number of carbonyl (C=O) groups excluding carboxylic acids is 3. The minimum absolute atomic E-state index is 0.162. The quantitative estimate of drug-likeness (QED) is 0.494. The monoisotopic (exact) mass is 432 g/mol. The van der Waals surface area contributed by atoms with Gasteiger partial charge >= 0.3 is 0 Å². The lowest BCUT2D eigenvalue weighted by atomic mass is 10.2. The first-order valence-corrected chi connectivity index (χ1v) is 10.8. The number of rotatable bonds is 7. The van der Waals surface area contributed by atoms with Crippen LogP contribution in [0.5, 0.6) is 0 Å². The van der Waals surface area contributed by atoms with Gasteiger partial charge in [-0.2, -0.15) is 0 Å². The lowest BCUT2D eigenvalue weighted by molar-refractivity contribution is -0.115. The number of anilines is 2. The number of nitrogens with two attached hydrogens (primary N) is 1. The number of thiazole rings is 1. The van der Waals surface area contributed by atoms with Gasteiger partial charge in [0, 0.05) is 11.3 Å². The Morgan fingerprint density at radius 3 is 2.50 bits per heavy atom. The van der Waals surface area contributed by atoms with Crippen molar-refractivity contribution >= 4 is 63.0 Å². The molecule has 3 amide bonds. The van der Waals surface area contributed by atoms with Crippen LogP contribution in [0.25, 0.3) is 0 Å². The molecule has 4 N–H and O–H groups in total. The van der Waals surface area contributed by atoms with E-state index in [1.807, 2.05) is 11.4 Å². The van der Waals surface area contributed by atoms with Crippen LogP contribution in [0.1, 0.15) is 25.7 Å². The van der Waals surface area contributed by atoms with Gasteiger partial charge in [-0.1, -0.05) is 17.4 Å². The number of nitrogens with one attached hydrogen (secondary N) is 2. The number of thiophene rings is 1. The molecule has 2 aromatic heterocycles. The van der Waals surface area contributed by atoms with Crippen LogP contribution in [-0.4, -0.2) is 28.5 Å². The fraction of sp³-hybridized carbons (Fsp3) is 0.111. The molecule has 0 unspecified atom stereocenters. The summed E-state index contributed by atoms with van der Waals surface area (Å²) in [4.78, 5) is 40.3. The number of hydrogen-bond acceptors (Lipinski definition) is 7. The minimum Gasteiger partial charge on any atom is -0.369 e. The Labute approximate surface area is 173 Å². The number of aryl methyl sites for hydroxylation is 1. The van der Waals surface area contributed by atoms with Gasteiger partial charge in [0.1, 0.15) is 0 Å². The predicted molar refractivity (Wildman–Crippen MR) is 113 cm³/mol. The van der Waals surface area contributed by atoms with Gasteiger partial charge in [-0.15, -0.1) is 23.1 Å². The van der Waals surface area contributed by atoms with Crippen molar-refractivity contribution in [1.82, 2.24) is 4.98 Å². The van der Waals surface area contributed by atoms with Gasteiger partial charge in [0.2, 0.25) is 5.91 Å². The Morgan fingerprint density at radius 1 is 1.11 bits per heavy atom. The van der Waals surface area contributed by atoms with E-state index >= 15 is 0 Å². The summed E-state index contributed by atoms with van der Waals surface area (Å²) in [7, 11) is 0. The molecule has 7 nitrogen and oxygen atoms in total. The zero-order valence-electron chi connectivity index (χ0n) is 14.7. The number of aromatic nitrogens is 1. The third kappa shape index (κ3) is 5.18. The van der Waals surface area contributed by atoms with E-state index in [2.05, 4.69) is 15.6 Å². The Bertz CT molecular complexity index is 998. The van der Waals surface area contributed by atoms with Crippen molar-refractivity contribution < 1.29 is 14.4 Å². The molecule has 0 aliphatic rings. The summed E-state index contributed by atoms with van der Waals surface area (Å²) < 4.78 is 0.834. The van der Waals surface area contributed by atoms with Gasteiger partial charge in [0.25, 0.3) is 11.8 Å². The van der Waals surface area contributed by atoms with Gasteiger partial charge < -0.3 is 11.1 Å². The van der Waals surface area contributed by atoms with E-state index < -0.39 is 5.91 Å².